The van der Waals surface area contributed by atoms with Crippen LogP contribution in [0.15, 0.2) is 28.7 Å². The molecular weight excluding hydrogens is 368 g/mol. The number of rotatable bonds is 8. The van der Waals surface area contributed by atoms with Crippen molar-refractivity contribution in [2.75, 3.05) is 12.3 Å². The minimum absolute atomic E-state index is 0.148. The second kappa shape index (κ2) is 8.64. The van der Waals surface area contributed by atoms with E-state index in [0.717, 1.165) is 10.9 Å². The predicted molar refractivity (Wildman–Crippen MR) is 92.1 cm³/mol. The Kier molecular flexibility index (Phi) is 7.52. The SMILES string of the molecule is CC(C)CC(CN)NC(=O)CS(=O)(=O)Cc1ccc(Br)cc1. The van der Waals surface area contributed by atoms with Crippen molar-refractivity contribution >= 4 is 31.7 Å². The first-order chi connectivity index (χ1) is 10.2. The maximum absolute atomic E-state index is 12.1. The van der Waals surface area contributed by atoms with Gasteiger partial charge in [0.05, 0.1) is 5.75 Å². The van der Waals surface area contributed by atoms with Gasteiger partial charge in [0.2, 0.25) is 5.91 Å². The molecule has 0 saturated carbocycles. The second-order valence-corrected chi connectivity index (χ2v) is 8.77. The van der Waals surface area contributed by atoms with E-state index in [9.17, 15) is 13.2 Å². The minimum Gasteiger partial charge on any atom is -0.351 e. The maximum Gasteiger partial charge on any atom is 0.235 e. The van der Waals surface area contributed by atoms with Crippen molar-refractivity contribution in [3.05, 3.63) is 34.3 Å². The van der Waals surface area contributed by atoms with Crippen LogP contribution in [0, 0.1) is 5.92 Å². The van der Waals surface area contributed by atoms with E-state index >= 15 is 0 Å². The molecule has 0 fully saturated rings. The molecule has 124 valence electrons. The Morgan fingerprint density at radius 3 is 2.36 bits per heavy atom. The summed E-state index contributed by atoms with van der Waals surface area (Å²) < 4.78 is 25.0. The summed E-state index contributed by atoms with van der Waals surface area (Å²) in [6, 6.07) is 6.81. The second-order valence-electron chi connectivity index (χ2n) is 5.79. The Morgan fingerprint density at radius 1 is 1.27 bits per heavy atom. The molecule has 1 amide bonds. The minimum atomic E-state index is -3.50. The molecule has 5 nitrogen and oxygen atoms in total. The third-order valence-corrected chi connectivity index (χ3v) is 5.06. The lowest BCUT2D eigenvalue weighted by atomic mass is 10.0. The number of halogens is 1. The van der Waals surface area contributed by atoms with Crippen LogP contribution in [0.3, 0.4) is 0 Å². The summed E-state index contributed by atoms with van der Waals surface area (Å²) in [5.41, 5.74) is 6.26. The van der Waals surface area contributed by atoms with Crippen LogP contribution in [0.1, 0.15) is 25.8 Å². The number of hydrogen-bond donors (Lipinski definition) is 2. The first kappa shape index (κ1) is 19.1. The Hall–Kier alpha value is -0.920. The molecule has 1 aromatic rings. The van der Waals surface area contributed by atoms with Gasteiger partial charge in [0.15, 0.2) is 9.84 Å². The Morgan fingerprint density at radius 2 is 1.86 bits per heavy atom. The van der Waals surface area contributed by atoms with Crippen molar-refractivity contribution in [3.63, 3.8) is 0 Å². The van der Waals surface area contributed by atoms with Crippen molar-refractivity contribution in [2.24, 2.45) is 11.7 Å². The summed E-state index contributed by atoms with van der Waals surface area (Å²) >= 11 is 3.29. The zero-order chi connectivity index (χ0) is 16.8. The normalized spacial score (nSPS) is 13.1. The summed E-state index contributed by atoms with van der Waals surface area (Å²) in [6.07, 6.45) is 0.731. The molecule has 3 N–H and O–H groups in total. The number of carbonyl (C=O) groups is 1. The van der Waals surface area contributed by atoms with Crippen LogP contribution in [0.2, 0.25) is 0 Å². The monoisotopic (exact) mass is 390 g/mol. The highest BCUT2D eigenvalue weighted by Gasteiger charge is 2.20. The number of carbonyl (C=O) groups excluding carboxylic acids is 1. The van der Waals surface area contributed by atoms with Gasteiger partial charge in [-0.2, -0.15) is 0 Å². The van der Waals surface area contributed by atoms with Crippen LogP contribution in [-0.4, -0.2) is 32.7 Å². The van der Waals surface area contributed by atoms with Crippen molar-refractivity contribution in [3.8, 4) is 0 Å². The fourth-order valence-electron chi connectivity index (χ4n) is 2.14. The van der Waals surface area contributed by atoms with Crippen LogP contribution in [0.4, 0.5) is 0 Å². The van der Waals surface area contributed by atoms with Crippen molar-refractivity contribution in [1.29, 1.82) is 0 Å². The fraction of sp³-hybridized carbons (Fsp3) is 0.533. The van der Waals surface area contributed by atoms with Gasteiger partial charge >= 0.3 is 0 Å². The summed E-state index contributed by atoms with van der Waals surface area (Å²) in [5, 5.41) is 2.70. The molecular formula is C15H23BrN2O3S. The zero-order valence-corrected chi connectivity index (χ0v) is 15.3. The van der Waals surface area contributed by atoms with E-state index in [4.69, 9.17) is 5.73 Å². The molecule has 1 aromatic carbocycles. The molecule has 0 saturated heterocycles. The molecule has 1 rings (SSSR count). The topological polar surface area (TPSA) is 89.3 Å². The van der Waals surface area contributed by atoms with Gasteiger partial charge in [-0.05, 0) is 30.0 Å². The quantitative estimate of drug-likeness (QED) is 0.708. The highest BCUT2D eigenvalue weighted by atomic mass is 79.9. The van der Waals surface area contributed by atoms with Crippen molar-refractivity contribution < 1.29 is 13.2 Å². The van der Waals surface area contributed by atoms with Gasteiger partial charge in [-0.3, -0.25) is 4.79 Å². The zero-order valence-electron chi connectivity index (χ0n) is 12.9. The summed E-state index contributed by atoms with van der Waals surface area (Å²) in [6.45, 7) is 4.36. The van der Waals surface area contributed by atoms with Gasteiger partial charge in [-0.15, -0.1) is 0 Å². The van der Waals surface area contributed by atoms with Crippen LogP contribution < -0.4 is 11.1 Å². The van der Waals surface area contributed by atoms with Crippen molar-refractivity contribution in [2.45, 2.75) is 32.1 Å². The third-order valence-electron chi connectivity index (χ3n) is 3.06. The highest BCUT2D eigenvalue weighted by Crippen LogP contribution is 2.13. The molecule has 0 bridgehead atoms. The number of sulfone groups is 1. The number of amides is 1. The molecule has 0 aliphatic carbocycles. The standard InChI is InChI=1S/C15H23BrN2O3S/c1-11(2)7-14(8-17)18-15(19)10-22(20,21)9-12-3-5-13(16)6-4-12/h3-6,11,14H,7-10,17H2,1-2H3,(H,18,19). The van der Waals surface area contributed by atoms with E-state index in [2.05, 4.69) is 21.2 Å². The number of hydrogen-bond acceptors (Lipinski definition) is 4. The van der Waals surface area contributed by atoms with E-state index in [1.807, 2.05) is 13.8 Å². The van der Waals surface area contributed by atoms with Gasteiger partial charge in [0.1, 0.15) is 5.75 Å². The molecule has 22 heavy (non-hydrogen) atoms. The van der Waals surface area contributed by atoms with Crippen LogP contribution in [-0.2, 0) is 20.4 Å². The number of nitrogens with one attached hydrogen (secondary N) is 1. The van der Waals surface area contributed by atoms with E-state index in [1.54, 1.807) is 24.3 Å². The Labute approximate surface area is 140 Å². The smallest absolute Gasteiger partial charge is 0.235 e. The average molecular weight is 391 g/mol. The number of nitrogens with two attached hydrogens (primary N) is 1. The molecule has 0 aromatic heterocycles. The predicted octanol–water partition coefficient (Wildman–Crippen LogP) is 1.85. The van der Waals surface area contributed by atoms with Gasteiger partial charge in [-0.1, -0.05) is 41.9 Å². The summed E-state index contributed by atoms with van der Waals surface area (Å²) in [4.78, 5) is 11.9. The summed E-state index contributed by atoms with van der Waals surface area (Å²) in [7, 11) is -3.50. The lowest BCUT2D eigenvalue weighted by molar-refractivity contribution is -0.119. The van der Waals surface area contributed by atoms with E-state index in [1.165, 1.54) is 0 Å². The third kappa shape index (κ3) is 7.38. The first-order valence-corrected chi connectivity index (χ1v) is 9.77. The molecule has 0 aliphatic heterocycles. The van der Waals surface area contributed by atoms with Gasteiger partial charge in [0, 0.05) is 17.1 Å². The molecule has 0 spiro atoms. The van der Waals surface area contributed by atoms with E-state index in [0.29, 0.717) is 18.0 Å². The summed E-state index contributed by atoms with van der Waals surface area (Å²) in [5.74, 6) is -0.774. The molecule has 1 atom stereocenters. The highest BCUT2D eigenvalue weighted by molar-refractivity contribution is 9.10. The lowest BCUT2D eigenvalue weighted by Crippen LogP contribution is -2.43. The van der Waals surface area contributed by atoms with Gasteiger partial charge < -0.3 is 11.1 Å². The molecule has 0 aliphatic rings. The van der Waals surface area contributed by atoms with Gasteiger partial charge in [0.25, 0.3) is 0 Å². The van der Waals surface area contributed by atoms with Crippen LogP contribution in [0.25, 0.3) is 0 Å². The number of benzene rings is 1. The van der Waals surface area contributed by atoms with E-state index < -0.39 is 21.5 Å². The lowest BCUT2D eigenvalue weighted by Gasteiger charge is -2.18. The van der Waals surface area contributed by atoms with Crippen molar-refractivity contribution in [1.82, 2.24) is 5.32 Å². The molecule has 7 heteroatoms. The first-order valence-electron chi connectivity index (χ1n) is 7.16. The molecule has 0 heterocycles. The molecule has 0 radical (unpaired) electrons. The maximum atomic E-state index is 12.1. The van der Waals surface area contributed by atoms with Crippen LogP contribution in [0.5, 0.6) is 0 Å². The molecule has 1 unspecified atom stereocenters. The Bertz CT molecular complexity index is 585. The average Bonchev–Trinajstić information content (AvgIpc) is 2.39. The van der Waals surface area contributed by atoms with Crippen LogP contribution >= 0.6 is 15.9 Å². The fourth-order valence-corrected chi connectivity index (χ4v) is 3.69. The Balaban J connectivity index is 2.59. The largest absolute Gasteiger partial charge is 0.351 e. The van der Waals surface area contributed by atoms with Gasteiger partial charge in [-0.25, -0.2) is 8.42 Å². The van der Waals surface area contributed by atoms with E-state index in [-0.39, 0.29) is 11.8 Å².